The normalized spacial score (nSPS) is 22.3. The molecule has 1 aromatic carbocycles. The van der Waals surface area contributed by atoms with Gasteiger partial charge in [0.05, 0.1) is 17.6 Å². The summed E-state index contributed by atoms with van der Waals surface area (Å²) in [5.41, 5.74) is 1.26. The van der Waals surface area contributed by atoms with E-state index in [1.165, 1.54) is 0 Å². The molecule has 1 aliphatic rings. The van der Waals surface area contributed by atoms with E-state index < -0.39 is 22.0 Å². The Morgan fingerprint density at radius 1 is 1.43 bits per heavy atom. The van der Waals surface area contributed by atoms with Gasteiger partial charge in [-0.1, -0.05) is 12.1 Å². The van der Waals surface area contributed by atoms with Crippen molar-refractivity contribution in [2.75, 3.05) is 16.8 Å². The Morgan fingerprint density at radius 3 is 2.86 bits per heavy atom. The van der Waals surface area contributed by atoms with Crippen molar-refractivity contribution >= 4 is 21.6 Å². The molecular weight excluding hydrogens is 292 g/mol. The standard InChI is InChI=1S/C14H20N2O4S/c1-10(17)11-4-2-5-12(8-11)15-14(18)16-13-6-3-7-21(19,20)9-13/h2,4-5,8,10,13,17H,3,6-7,9H2,1H3,(H2,15,16,18). The van der Waals surface area contributed by atoms with Crippen LogP contribution >= 0.6 is 0 Å². The van der Waals surface area contributed by atoms with Crippen molar-refractivity contribution in [1.29, 1.82) is 0 Å². The average molecular weight is 312 g/mol. The van der Waals surface area contributed by atoms with E-state index in [-0.39, 0.29) is 17.5 Å². The van der Waals surface area contributed by atoms with Crippen LogP contribution < -0.4 is 10.6 Å². The minimum atomic E-state index is -3.04. The molecule has 1 aromatic rings. The van der Waals surface area contributed by atoms with Crippen LogP contribution in [0.1, 0.15) is 31.4 Å². The third-order valence-electron chi connectivity index (χ3n) is 3.43. The molecule has 1 heterocycles. The van der Waals surface area contributed by atoms with E-state index in [4.69, 9.17) is 0 Å². The van der Waals surface area contributed by atoms with E-state index in [2.05, 4.69) is 10.6 Å². The number of hydrogen-bond donors (Lipinski definition) is 3. The number of benzene rings is 1. The molecule has 1 aliphatic heterocycles. The zero-order valence-electron chi connectivity index (χ0n) is 11.9. The Kier molecular flexibility index (Phi) is 4.84. The summed E-state index contributed by atoms with van der Waals surface area (Å²) in [6, 6.07) is 6.12. The third kappa shape index (κ3) is 4.71. The first-order valence-electron chi connectivity index (χ1n) is 6.92. The summed E-state index contributed by atoms with van der Waals surface area (Å²) in [7, 11) is -3.04. The number of hydrogen-bond acceptors (Lipinski definition) is 4. The fraction of sp³-hybridized carbons (Fsp3) is 0.500. The molecule has 3 N–H and O–H groups in total. The summed E-state index contributed by atoms with van der Waals surface area (Å²) in [4.78, 5) is 11.9. The Morgan fingerprint density at radius 2 is 2.19 bits per heavy atom. The number of carbonyl (C=O) groups excluding carboxylic acids is 1. The molecule has 0 bridgehead atoms. The van der Waals surface area contributed by atoms with Crippen LogP contribution in [-0.2, 0) is 9.84 Å². The van der Waals surface area contributed by atoms with E-state index in [0.717, 1.165) is 0 Å². The smallest absolute Gasteiger partial charge is 0.319 e. The SMILES string of the molecule is CC(O)c1cccc(NC(=O)NC2CCCS(=O)(=O)C2)c1. The van der Waals surface area contributed by atoms with Gasteiger partial charge < -0.3 is 15.7 Å². The molecule has 21 heavy (non-hydrogen) atoms. The lowest BCUT2D eigenvalue weighted by Gasteiger charge is -2.23. The quantitative estimate of drug-likeness (QED) is 0.787. The number of rotatable bonds is 3. The number of aliphatic hydroxyl groups excluding tert-OH is 1. The van der Waals surface area contributed by atoms with Gasteiger partial charge in [-0.2, -0.15) is 0 Å². The molecule has 2 atom stereocenters. The van der Waals surface area contributed by atoms with Crippen molar-refractivity contribution in [3.63, 3.8) is 0 Å². The molecule has 7 heteroatoms. The maximum absolute atomic E-state index is 11.9. The number of amides is 2. The zero-order chi connectivity index (χ0) is 15.5. The Bertz CT molecular complexity index is 613. The van der Waals surface area contributed by atoms with E-state index in [9.17, 15) is 18.3 Å². The highest BCUT2D eigenvalue weighted by Crippen LogP contribution is 2.17. The molecule has 1 fully saturated rings. The van der Waals surface area contributed by atoms with Gasteiger partial charge in [-0.15, -0.1) is 0 Å². The van der Waals surface area contributed by atoms with Gasteiger partial charge in [0.15, 0.2) is 9.84 Å². The van der Waals surface area contributed by atoms with Gasteiger partial charge in [-0.25, -0.2) is 13.2 Å². The molecule has 2 amide bonds. The van der Waals surface area contributed by atoms with Gasteiger partial charge in [-0.3, -0.25) is 0 Å². The summed E-state index contributed by atoms with van der Waals surface area (Å²) in [6.07, 6.45) is 0.629. The number of carbonyl (C=O) groups is 1. The second-order valence-corrected chi connectivity index (χ2v) is 7.58. The highest BCUT2D eigenvalue weighted by Gasteiger charge is 2.25. The van der Waals surface area contributed by atoms with Crippen molar-refractivity contribution in [2.24, 2.45) is 0 Å². The van der Waals surface area contributed by atoms with Crippen LogP contribution in [0.15, 0.2) is 24.3 Å². The number of anilines is 1. The van der Waals surface area contributed by atoms with Crippen LogP contribution in [0.2, 0.25) is 0 Å². The maximum Gasteiger partial charge on any atom is 0.319 e. The molecular formula is C14H20N2O4S. The molecule has 0 aliphatic carbocycles. The Labute approximate surface area is 124 Å². The molecule has 1 saturated heterocycles. The first kappa shape index (κ1) is 15.8. The zero-order valence-corrected chi connectivity index (χ0v) is 12.7. The number of aliphatic hydroxyl groups is 1. The summed E-state index contributed by atoms with van der Waals surface area (Å²) in [6.45, 7) is 1.64. The van der Waals surface area contributed by atoms with E-state index in [1.807, 2.05) is 0 Å². The fourth-order valence-corrected chi connectivity index (χ4v) is 4.00. The van der Waals surface area contributed by atoms with Crippen LogP contribution in [-0.4, -0.2) is 37.1 Å². The fourth-order valence-electron chi connectivity index (χ4n) is 2.37. The van der Waals surface area contributed by atoms with E-state index in [0.29, 0.717) is 24.1 Å². The van der Waals surface area contributed by atoms with Gasteiger partial charge in [0, 0.05) is 11.7 Å². The van der Waals surface area contributed by atoms with Crippen LogP contribution in [0.3, 0.4) is 0 Å². The van der Waals surface area contributed by atoms with Crippen molar-refractivity contribution in [3.05, 3.63) is 29.8 Å². The molecule has 6 nitrogen and oxygen atoms in total. The molecule has 2 rings (SSSR count). The maximum atomic E-state index is 11.9. The minimum absolute atomic E-state index is 0.00582. The summed E-state index contributed by atoms with van der Waals surface area (Å²) < 4.78 is 23.0. The average Bonchev–Trinajstić information content (AvgIpc) is 2.37. The minimum Gasteiger partial charge on any atom is -0.389 e. The van der Waals surface area contributed by atoms with Crippen LogP contribution in [0.25, 0.3) is 0 Å². The van der Waals surface area contributed by atoms with Gasteiger partial charge >= 0.3 is 6.03 Å². The predicted molar refractivity (Wildman–Crippen MR) is 80.9 cm³/mol. The largest absolute Gasteiger partial charge is 0.389 e. The second kappa shape index (κ2) is 6.44. The number of urea groups is 1. The summed E-state index contributed by atoms with van der Waals surface area (Å²) >= 11 is 0. The Hall–Kier alpha value is -1.60. The topological polar surface area (TPSA) is 95.5 Å². The van der Waals surface area contributed by atoms with Crippen molar-refractivity contribution in [3.8, 4) is 0 Å². The van der Waals surface area contributed by atoms with Gasteiger partial charge in [0.2, 0.25) is 0 Å². The Balaban J connectivity index is 1.94. The van der Waals surface area contributed by atoms with Gasteiger partial charge in [0.1, 0.15) is 0 Å². The predicted octanol–water partition coefficient (Wildman–Crippen LogP) is 1.44. The first-order valence-corrected chi connectivity index (χ1v) is 8.74. The second-order valence-electron chi connectivity index (χ2n) is 5.35. The highest BCUT2D eigenvalue weighted by molar-refractivity contribution is 7.91. The molecule has 0 spiro atoms. The van der Waals surface area contributed by atoms with Crippen LogP contribution in [0.4, 0.5) is 10.5 Å². The van der Waals surface area contributed by atoms with Crippen LogP contribution in [0.5, 0.6) is 0 Å². The molecule has 0 aromatic heterocycles. The lowest BCUT2D eigenvalue weighted by atomic mass is 10.1. The summed E-state index contributed by atoms with van der Waals surface area (Å²) in [5.74, 6) is 0.192. The van der Waals surface area contributed by atoms with E-state index >= 15 is 0 Å². The van der Waals surface area contributed by atoms with Gasteiger partial charge in [-0.05, 0) is 37.5 Å². The first-order chi connectivity index (χ1) is 9.85. The van der Waals surface area contributed by atoms with Crippen molar-refractivity contribution < 1.29 is 18.3 Å². The van der Waals surface area contributed by atoms with Gasteiger partial charge in [0.25, 0.3) is 0 Å². The molecule has 0 radical (unpaired) electrons. The van der Waals surface area contributed by atoms with E-state index in [1.54, 1.807) is 31.2 Å². The number of nitrogens with one attached hydrogen (secondary N) is 2. The third-order valence-corrected chi connectivity index (χ3v) is 5.25. The van der Waals surface area contributed by atoms with Crippen molar-refractivity contribution in [1.82, 2.24) is 5.32 Å². The van der Waals surface area contributed by atoms with Crippen LogP contribution in [0, 0.1) is 0 Å². The summed E-state index contributed by atoms with van der Waals surface area (Å²) in [5, 5.41) is 14.8. The lowest BCUT2D eigenvalue weighted by Crippen LogP contribution is -2.44. The highest BCUT2D eigenvalue weighted by atomic mass is 32.2. The molecule has 2 unspecified atom stereocenters. The monoisotopic (exact) mass is 312 g/mol. The molecule has 0 saturated carbocycles. The van der Waals surface area contributed by atoms with Crippen molar-refractivity contribution in [2.45, 2.75) is 31.9 Å². The lowest BCUT2D eigenvalue weighted by molar-refractivity contribution is 0.199. The number of sulfone groups is 1. The molecule has 116 valence electrons.